The van der Waals surface area contributed by atoms with Crippen molar-refractivity contribution in [2.45, 2.75) is 6.92 Å². The molecule has 1 heterocycles. The summed E-state index contributed by atoms with van der Waals surface area (Å²) in [5.74, 6) is 0.993. The third kappa shape index (κ3) is 1.38. The molecule has 0 atom stereocenters. The van der Waals surface area contributed by atoms with Crippen molar-refractivity contribution < 1.29 is 9.11 Å². The van der Waals surface area contributed by atoms with E-state index < -0.39 is 10.6 Å². The molecule has 1 rings (SSSR count). The highest BCUT2D eigenvalue weighted by atomic mass is 32.3. The van der Waals surface area contributed by atoms with Crippen molar-refractivity contribution in [2.75, 3.05) is 18.1 Å². The highest BCUT2D eigenvalue weighted by Crippen LogP contribution is 2.57. The molecule has 4 heteroatoms. The van der Waals surface area contributed by atoms with Gasteiger partial charge in [-0.3, -0.25) is 9.11 Å². The van der Waals surface area contributed by atoms with Crippen LogP contribution in [0, 0.1) is 5.41 Å². The molecule has 9 heavy (non-hydrogen) atoms. The summed E-state index contributed by atoms with van der Waals surface area (Å²) in [4.78, 5) is 0. The van der Waals surface area contributed by atoms with Crippen LogP contribution in [0.2, 0.25) is 0 Å². The molecule has 1 fully saturated rings. The second kappa shape index (κ2) is 1.85. The number of rotatable bonds is 1. The molecule has 0 aromatic rings. The molecular weight excluding hydrogens is 138 g/mol. The fourth-order valence-electron chi connectivity index (χ4n) is 1.19. The van der Waals surface area contributed by atoms with Crippen LogP contribution in [0.25, 0.3) is 0 Å². The Morgan fingerprint density at radius 3 is 2.11 bits per heavy atom. The summed E-state index contributed by atoms with van der Waals surface area (Å²) in [6.07, 6.45) is 0. The minimum atomic E-state index is -2.18. The summed E-state index contributed by atoms with van der Waals surface area (Å²) in [6.45, 7) is 2.54. The first kappa shape index (κ1) is 7.34. The molecule has 1 aliphatic rings. The molecule has 0 bridgehead atoms. The Bertz CT molecular complexity index is 118. The average molecular weight is 151 g/mol. The van der Waals surface area contributed by atoms with Crippen molar-refractivity contribution in [1.82, 2.24) is 0 Å². The molecule has 0 aromatic carbocycles. The largest absolute Gasteiger partial charge is 0.330 e. The maximum absolute atomic E-state index is 8.96. The first-order valence-corrected chi connectivity index (χ1v) is 4.80. The Kier molecular flexibility index (Phi) is 1.51. The smallest absolute Gasteiger partial charge is 0.0455 e. The first-order chi connectivity index (χ1) is 3.97. The zero-order chi connectivity index (χ0) is 7.12. The molecule has 1 aliphatic heterocycles. The van der Waals surface area contributed by atoms with Gasteiger partial charge >= 0.3 is 0 Å². The lowest BCUT2D eigenvalue weighted by molar-refractivity contribution is 0.334. The van der Waals surface area contributed by atoms with E-state index in [4.69, 9.17) is 14.8 Å². The lowest BCUT2D eigenvalue weighted by Gasteiger charge is -2.53. The van der Waals surface area contributed by atoms with Gasteiger partial charge in [-0.25, -0.2) is 0 Å². The molecule has 0 amide bonds. The van der Waals surface area contributed by atoms with Crippen molar-refractivity contribution in [3.8, 4) is 0 Å². The molecule has 4 N–H and O–H groups in total. The lowest BCUT2D eigenvalue weighted by Crippen LogP contribution is -2.47. The molecule has 1 saturated heterocycles. The van der Waals surface area contributed by atoms with Gasteiger partial charge in [-0.1, -0.05) is 6.92 Å². The number of nitrogens with two attached hydrogens (primary N) is 1. The van der Waals surface area contributed by atoms with Gasteiger partial charge in [-0.2, -0.15) is 10.6 Å². The van der Waals surface area contributed by atoms with Crippen molar-refractivity contribution >= 4 is 10.6 Å². The second-order valence-corrected chi connectivity index (χ2v) is 5.29. The van der Waals surface area contributed by atoms with E-state index in [9.17, 15) is 0 Å². The third-order valence-electron chi connectivity index (χ3n) is 1.65. The zero-order valence-corrected chi connectivity index (χ0v) is 6.32. The summed E-state index contributed by atoms with van der Waals surface area (Å²) >= 11 is 0. The fourth-order valence-corrected chi connectivity index (χ4v) is 3.58. The summed E-state index contributed by atoms with van der Waals surface area (Å²) < 4.78 is 17.9. The van der Waals surface area contributed by atoms with Crippen LogP contribution < -0.4 is 5.73 Å². The summed E-state index contributed by atoms with van der Waals surface area (Å²) in [5.41, 5.74) is 5.39. The van der Waals surface area contributed by atoms with Crippen molar-refractivity contribution in [1.29, 1.82) is 0 Å². The third-order valence-corrected chi connectivity index (χ3v) is 3.97. The molecule has 0 radical (unpaired) electrons. The van der Waals surface area contributed by atoms with E-state index in [0.717, 1.165) is 0 Å². The normalized spacial score (nSPS) is 32.9. The quantitative estimate of drug-likeness (QED) is 0.517. The summed E-state index contributed by atoms with van der Waals surface area (Å²) in [5, 5.41) is 0. The minimum absolute atomic E-state index is 0.0127. The fraction of sp³-hybridized carbons (Fsp3) is 1.00. The van der Waals surface area contributed by atoms with E-state index in [0.29, 0.717) is 18.1 Å². The highest BCUT2D eigenvalue weighted by Gasteiger charge is 2.43. The van der Waals surface area contributed by atoms with Gasteiger partial charge in [0.2, 0.25) is 0 Å². The van der Waals surface area contributed by atoms with E-state index >= 15 is 0 Å². The van der Waals surface area contributed by atoms with Crippen LogP contribution in [0.1, 0.15) is 6.92 Å². The zero-order valence-electron chi connectivity index (χ0n) is 5.50. The van der Waals surface area contributed by atoms with Crippen molar-refractivity contribution in [3.63, 3.8) is 0 Å². The van der Waals surface area contributed by atoms with E-state index in [-0.39, 0.29) is 5.41 Å². The van der Waals surface area contributed by atoms with Gasteiger partial charge in [0.25, 0.3) is 0 Å². The van der Waals surface area contributed by atoms with Crippen molar-refractivity contribution in [2.24, 2.45) is 11.1 Å². The highest BCUT2D eigenvalue weighted by molar-refractivity contribution is 8.25. The Morgan fingerprint density at radius 2 is 2.00 bits per heavy atom. The van der Waals surface area contributed by atoms with Gasteiger partial charge in [0, 0.05) is 23.5 Å². The van der Waals surface area contributed by atoms with Crippen LogP contribution in [-0.4, -0.2) is 27.2 Å². The average Bonchev–Trinajstić information content (AvgIpc) is 1.61. The molecule has 0 aliphatic carbocycles. The van der Waals surface area contributed by atoms with E-state index in [1.165, 1.54) is 0 Å². The van der Waals surface area contributed by atoms with Gasteiger partial charge in [-0.15, -0.1) is 0 Å². The van der Waals surface area contributed by atoms with E-state index in [1.54, 1.807) is 0 Å². The van der Waals surface area contributed by atoms with Gasteiger partial charge in [-0.05, 0) is 0 Å². The molecule has 0 saturated carbocycles. The number of hydrogen-bond acceptors (Lipinski definition) is 3. The van der Waals surface area contributed by atoms with Crippen LogP contribution in [0.5, 0.6) is 0 Å². The monoisotopic (exact) mass is 151 g/mol. The van der Waals surface area contributed by atoms with E-state index in [1.807, 2.05) is 6.92 Å². The summed E-state index contributed by atoms with van der Waals surface area (Å²) in [6, 6.07) is 0. The van der Waals surface area contributed by atoms with Crippen LogP contribution >= 0.6 is 10.6 Å². The maximum atomic E-state index is 8.96. The topological polar surface area (TPSA) is 66.5 Å². The van der Waals surface area contributed by atoms with Gasteiger partial charge < -0.3 is 5.73 Å². The molecular formula is C5H13NO2S. The Morgan fingerprint density at radius 1 is 1.56 bits per heavy atom. The standard InChI is InChI=1S/C5H13NO2S/c1-5(2-6)3-9(7,8)4-5/h7-8H,2-4,6H2,1H3. The molecule has 3 nitrogen and oxygen atoms in total. The maximum Gasteiger partial charge on any atom is 0.0455 e. The molecule has 0 spiro atoms. The predicted octanol–water partition coefficient (Wildman–Crippen LogP) is 0.716. The van der Waals surface area contributed by atoms with E-state index in [2.05, 4.69) is 0 Å². The van der Waals surface area contributed by atoms with Gasteiger partial charge in [0.1, 0.15) is 0 Å². The van der Waals surface area contributed by atoms with Crippen LogP contribution in [-0.2, 0) is 0 Å². The lowest BCUT2D eigenvalue weighted by atomic mass is 9.96. The molecule has 0 aromatic heterocycles. The Balaban J connectivity index is 2.41. The van der Waals surface area contributed by atoms with Crippen LogP contribution in [0.3, 0.4) is 0 Å². The first-order valence-electron chi connectivity index (χ1n) is 2.91. The minimum Gasteiger partial charge on any atom is -0.330 e. The predicted molar refractivity (Wildman–Crippen MR) is 39.7 cm³/mol. The number of hydrogen-bond donors (Lipinski definition) is 3. The van der Waals surface area contributed by atoms with Gasteiger partial charge in [0.05, 0.1) is 0 Å². The Labute approximate surface area is 56.6 Å². The van der Waals surface area contributed by atoms with Crippen molar-refractivity contribution in [3.05, 3.63) is 0 Å². The SMILES string of the molecule is CC1(CN)CS(O)(O)C1. The summed E-state index contributed by atoms with van der Waals surface area (Å²) in [7, 11) is -2.18. The van der Waals surface area contributed by atoms with Crippen LogP contribution in [0.4, 0.5) is 0 Å². The van der Waals surface area contributed by atoms with Crippen LogP contribution in [0.15, 0.2) is 0 Å². The molecule has 0 unspecified atom stereocenters. The second-order valence-electron chi connectivity index (χ2n) is 3.11. The van der Waals surface area contributed by atoms with Gasteiger partial charge in [0.15, 0.2) is 0 Å². The molecule has 56 valence electrons. The Hall–Kier alpha value is 0.230.